The van der Waals surface area contributed by atoms with E-state index in [0.29, 0.717) is 0 Å². The van der Waals surface area contributed by atoms with Crippen LogP contribution in [-0.4, -0.2) is 17.2 Å². The number of nitrogens with one attached hydrogen (secondary N) is 1. The Morgan fingerprint density at radius 3 is 2.43 bits per heavy atom. The third kappa shape index (κ3) is 1.86. The molecule has 0 bridgehead atoms. The molecule has 1 atom stereocenters. The summed E-state index contributed by atoms with van der Waals surface area (Å²) < 4.78 is 0. The maximum absolute atomic E-state index is 9.58. The lowest BCUT2D eigenvalue weighted by molar-refractivity contribution is -0.497. The highest BCUT2D eigenvalue weighted by Gasteiger charge is 2.04. The minimum absolute atomic E-state index is 0.521. The molecule has 0 aliphatic heterocycles. The fourth-order valence-electron chi connectivity index (χ4n) is 0.0609. The molecule has 0 aromatic heterocycles. The predicted molar refractivity (Wildman–Crippen MR) is 25.2 cm³/mol. The lowest BCUT2D eigenvalue weighted by atomic mass is 10.4. The fourth-order valence-corrected chi connectivity index (χ4v) is 0.0609. The molecule has 0 aliphatic carbocycles. The van der Waals surface area contributed by atoms with E-state index in [4.69, 9.17) is 5.41 Å². The highest BCUT2D eigenvalue weighted by molar-refractivity contribution is 5.57. The van der Waals surface area contributed by atoms with Gasteiger partial charge in [0, 0.05) is 11.8 Å². The van der Waals surface area contributed by atoms with Crippen LogP contribution in [0.5, 0.6) is 0 Å². The molecular weight excluding hydrogens is 96.0 g/mol. The van der Waals surface area contributed by atoms with Gasteiger partial charge in [-0.1, -0.05) is 0 Å². The fraction of sp³-hybridized carbons (Fsp3) is 0.667. The van der Waals surface area contributed by atoms with Crippen LogP contribution in [0.25, 0.3) is 0 Å². The Balaban J connectivity index is 3.55. The van der Waals surface area contributed by atoms with E-state index in [1.165, 1.54) is 6.92 Å². The molecule has 0 amide bonds. The van der Waals surface area contributed by atoms with Crippen molar-refractivity contribution in [2.45, 2.75) is 13.0 Å². The quantitative estimate of drug-likeness (QED) is 0.309. The van der Waals surface area contributed by atoms with Crippen molar-refractivity contribution in [1.82, 2.24) is 0 Å². The average molecular weight is 102 g/mol. The zero-order valence-electron chi connectivity index (χ0n) is 3.92. The first-order valence-electron chi connectivity index (χ1n) is 1.82. The highest BCUT2D eigenvalue weighted by atomic mass is 16.6. The summed E-state index contributed by atoms with van der Waals surface area (Å²) in [4.78, 5) is 9.06. The van der Waals surface area contributed by atoms with Crippen molar-refractivity contribution in [3.8, 4) is 0 Å². The summed E-state index contributed by atoms with van der Waals surface area (Å²) in [5, 5.41) is 16.0. The molecule has 0 rings (SSSR count). The molecule has 1 unspecified atom stereocenters. The molecule has 0 heterocycles. The van der Waals surface area contributed by atoms with Gasteiger partial charge in [0.2, 0.25) is 6.04 Å². The molecule has 0 fully saturated rings. The lowest BCUT2D eigenvalue weighted by Gasteiger charge is -1.89. The van der Waals surface area contributed by atoms with Gasteiger partial charge < -0.3 is 5.41 Å². The molecule has 0 aromatic carbocycles. The maximum atomic E-state index is 9.58. The Kier molecular flexibility index (Phi) is 1.98. The summed E-state index contributed by atoms with van der Waals surface area (Å²) >= 11 is 0. The molecule has 0 saturated carbocycles. The topological polar surface area (TPSA) is 67.0 Å². The van der Waals surface area contributed by atoms with E-state index in [1.54, 1.807) is 0 Å². The van der Waals surface area contributed by atoms with Crippen molar-refractivity contribution in [2.75, 3.05) is 0 Å². The van der Waals surface area contributed by atoms with Crippen LogP contribution < -0.4 is 0 Å². The summed E-state index contributed by atoms with van der Waals surface area (Å²) in [6, 6.07) is -0.833. The highest BCUT2D eigenvalue weighted by Crippen LogP contribution is 1.78. The van der Waals surface area contributed by atoms with Crippen LogP contribution in [0.15, 0.2) is 0 Å². The van der Waals surface area contributed by atoms with Crippen LogP contribution >= 0.6 is 0 Å². The van der Waals surface area contributed by atoms with Gasteiger partial charge in [0.15, 0.2) is 0 Å². The molecule has 0 aromatic rings. The second-order valence-corrected chi connectivity index (χ2v) is 1.19. The van der Waals surface area contributed by atoms with Crippen LogP contribution in [0.1, 0.15) is 6.92 Å². The van der Waals surface area contributed by atoms with Crippen LogP contribution in [0.2, 0.25) is 0 Å². The van der Waals surface area contributed by atoms with E-state index in [-0.39, 0.29) is 0 Å². The van der Waals surface area contributed by atoms with Gasteiger partial charge in [-0.15, -0.1) is 0 Å². The predicted octanol–water partition coefficient (Wildman–Crippen LogP) is 0.301. The number of rotatable bonds is 2. The molecule has 0 spiro atoms. The van der Waals surface area contributed by atoms with Gasteiger partial charge in [-0.3, -0.25) is 10.1 Å². The van der Waals surface area contributed by atoms with Gasteiger partial charge >= 0.3 is 0 Å². The summed E-state index contributed by atoms with van der Waals surface area (Å²) in [6.45, 7) is 1.35. The molecule has 0 radical (unpaired) electrons. The van der Waals surface area contributed by atoms with Gasteiger partial charge in [-0.25, -0.2) is 0 Å². The molecule has 1 N–H and O–H groups in total. The average Bonchev–Trinajstić information content (AvgIpc) is 1.65. The third-order valence-corrected chi connectivity index (χ3v) is 0.574. The van der Waals surface area contributed by atoms with Crippen molar-refractivity contribution in [1.29, 1.82) is 5.41 Å². The van der Waals surface area contributed by atoms with E-state index < -0.39 is 11.0 Å². The minimum Gasteiger partial charge on any atom is -0.306 e. The molecule has 40 valence electrons. The minimum atomic E-state index is -0.833. The SMILES string of the molecule is CC(C=N)[N+](=O)[O-]. The monoisotopic (exact) mass is 102 g/mol. The molecule has 0 saturated heterocycles. The zero-order chi connectivity index (χ0) is 5.86. The van der Waals surface area contributed by atoms with Crippen molar-refractivity contribution in [2.24, 2.45) is 0 Å². The Morgan fingerprint density at radius 1 is 2.00 bits per heavy atom. The Morgan fingerprint density at radius 2 is 2.43 bits per heavy atom. The standard InChI is InChI=1S/C3H6N2O2/c1-3(2-4)5(6)7/h2-4H,1H3. The Bertz CT molecular complexity index is 90.9. The van der Waals surface area contributed by atoms with Crippen LogP contribution in [0.4, 0.5) is 0 Å². The second kappa shape index (κ2) is 2.28. The second-order valence-electron chi connectivity index (χ2n) is 1.19. The maximum Gasteiger partial charge on any atom is 0.244 e. The number of nitro groups is 1. The normalized spacial score (nSPS) is 12.7. The molecule has 4 nitrogen and oxygen atoms in total. The Labute approximate surface area is 40.8 Å². The first-order valence-corrected chi connectivity index (χ1v) is 1.82. The zero-order valence-corrected chi connectivity index (χ0v) is 3.92. The largest absolute Gasteiger partial charge is 0.306 e. The van der Waals surface area contributed by atoms with Crippen LogP contribution in [0, 0.1) is 15.5 Å². The summed E-state index contributed by atoms with van der Waals surface area (Å²) in [6.07, 6.45) is 0.792. The molecular formula is C3H6N2O2. The van der Waals surface area contributed by atoms with Crippen molar-refractivity contribution in [3.63, 3.8) is 0 Å². The van der Waals surface area contributed by atoms with E-state index in [1.807, 2.05) is 0 Å². The van der Waals surface area contributed by atoms with Crippen molar-refractivity contribution < 1.29 is 4.92 Å². The third-order valence-electron chi connectivity index (χ3n) is 0.574. The summed E-state index contributed by atoms with van der Waals surface area (Å²) in [5.74, 6) is 0. The van der Waals surface area contributed by atoms with E-state index in [2.05, 4.69) is 0 Å². The molecule has 7 heavy (non-hydrogen) atoms. The summed E-state index contributed by atoms with van der Waals surface area (Å²) in [5.41, 5.74) is 0. The van der Waals surface area contributed by atoms with Gasteiger partial charge in [0.25, 0.3) is 0 Å². The first kappa shape index (κ1) is 6.07. The van der Waals surface area contributed by atoms with Gasteiger partial charge in [0.1, 0.15) is 0 Å². The van der Waals surface area contributed by atoms with Gasteiger partial charge in [-0.2, -0.15) is 0 Å². The Hall–Kier alpha value is -0.930. The lowest BCUT2D eigenvalue weighted by Crippen LogP contribution is -2.14. The van der Waals surface area contributed by atoms with Crippen LogP contribution in [-0.2, 0) is 0 Å². The van der Waals surface area contributed by atoms with Crippen LogP contribution in [0.3, 0.4) is 0 Å². The van der Waals surface area contributed by atoms with E-state index in [0.717, 1.165) is 6.21 Å². The number of hydrogen-bond donors (Lipinski definition) is 1. The van der Waals surface area contributed by atoms with Crippen molar-refractivity contribution in [3.05, 3.63) is 10.1 Å². The smallest absolute Gasteiger partial charge is 0.244 e. The van der Waals surface area contributed by atoms with E-state index >= 15 is 0 Å². The molecule has 4 heteroatoms. The van der Waals surface area contributed by atoms with E-state index in [9.17, 15) is 10.1 Å². The number of hydrogen-bond acceptors (Lipinski definition) is 3. The number of nitrogens with zero attached hydrogens (tertiary/aromatic N) is 1. The van der Waals surface area contributed by atoms with Crippen molar-refractivity contribution >= 4 is 6.21 Å². The molecule has 0 aliphatic rings. The van der Waals surface area contributed by atoms with Gasteiger partial charge in [-0.05, 0) is 0 Å². The van der Waals surface area contributed by atoms with Gasteiger partial charge in [0.05, 0.1) is 6.21 Å². The summed E-state index contributed by atoms with van der Waals surface area (Å²) in [7, 11) is 0. The first-order chi connectivity index (χ1) is 3.18.